The van der Waals surface area contributed by atoms with Crippen molar-refractivity contribution < 1.29 is 9.31 Å². The smallest absolute Gasteiger partial charge is 0.399 e. The van der Waals surface area contributed by atoms with Gasteiger partial charge in [0.05, 0.1) is 22.4 Å². The van der Waals surface area contributed by atoms with Gasteiger partial charge in [-0.25, -0.2) is 4.52 Å². The summed E-state index contributed by atoms with van der Waals surface area (Å²) in [5, 5.41) is 7.64. The first kappa shape index (κ1) is 24.8. The third-order valence-electron chi connectivity index (χ3n) is 8.46. The zero-order chi connectivity index (χ0) is 27.5. The lowest BCUT2D eigenvalue weighted by molar-refractivity contribution is 0.00578. The molecule has 40 heavy (non-hydrogen) atoms. The van der Waals surface area contributed by atoms with Gasteiger partial charge in [-0.2, -0.15) is 5.10 Å². The van der Waals surface area contributed by atoms with E-state index in [1.54, 1.807) is 0 Å². The van der Waals surface area contributed by atoms with E-state index in [9.17, 15) is 0 Å². The van der Waals surface area contributed by atoms with Gasteiger partial charge >= 0.3 is 7.12 Å². The second kappa shape index (κ2) is 9.19. The maximum atomic E-state index is 6.33. The molecule has 1 aliphatic rings. The second-order valence-corrected chi connectivity index (χ2v) is 11.5. The minimum absolute atomic E-state index is 0.383. The molecule has 1 aliphatic heterocycles. The fourth-order valence-corrected chi connectivity index (χ4v) is 5.56. The van der Waals surface area contributed by atoms with Crippen molar-refractivity contribution in [2.45, 2.75) is 38.9 Å². The average Bonchev–Trinajstić information content (AvgIpc) is 3.48. The van der Waals surface area contributed by atoms with Gasteiger partial charge in [0, 0.05) is 22.1 Å². The molecule has 4 aromatic carbocycles. The van der Waals surface area contributed by atoms with E-state index >= 15 is 0 Å². The third-order valence-corrected chi connectivity index (χ3v) is 8.46. The van der Waals surface area contributed by atoms with Crippen LogP contribution in [0.3, 0.4) is 0 Å². The van der Waals surface area contributed by atoms with Crippen molar-refractivity contribution in [2.75, 3.05) is 0 Å². The highest BCUT2D eigenvalue weighted by atomic mass is 16.7. The molecule has 0 N–H and O–H groups in total. The molecule has 3 heterocycles. The van der Waals surface area contributed by atoms with Gasteiger partial charge in [-0.05, 0) is 50.2 Å². The number of pyridine rings is 1. The van der Waals surface area contributed by atoms with Crippen LogP contribution in [-0.2, 0) is 9.31 Å². The van der Waals surface area contributed by atoms with Crippen molar-refractivity contribution in [3.8, 4) is 33.6 Å². The van der Waals surface area contributed by atoms with Crippen LogP contribution in [0.15, 0.2) is 115 Å². The quantitative estimate of drug-likeness (QED) is 0.222. The zero-order valence-corrected chi connectivity index (χ0v) is 23.3. The van der Waals surface area contributed by atoms with E-state index in [-0.39, 0.29) is 11.2 Å². The van der Waals surface area contributed by atoms with Crippen LogP contribution in [-0.4, -0.2) is 27.9 Å². The Morgan fingerprint density at radius 3 is 1.85 bits per heavy atom. The number of hydrogen-bond acceptors (Lipinski definition) is 3. The van der Waals surface area contributed by atoms with Gasteiger partial charge in [-0.15, -0.1) is 0 Å². The number of nitrogens with zero attached hydrogens (tertiary/aromatic N) is 2. The predicted molar refractivity (Wildman–Crippen MR) is 165 cm³/mol. The van der Waals surface area contributed by atoms with Crippen LogP contribution in [0.25, 0.3) is 49.9 Å². The lowest BCUT2D eigenvalue weighted by Crippen LogP contribution is -2.41. The highest BCUT2D eigenvalue weighted by Crippen LogP contribution is 2.41. The predicted octanol–water partition coefficient (Wildman–Crippen LogP) is 7.79. The van der Waals surface area contributed by atoms with E-state index in [4.69, 9.17) is 14.4 Å². The summed E-state index contributed by atoms with van der Waals surface area (Å²) < 4.78 is 14.8. The van der Waals surface area contributed by atoms with Gasteiger partial charge in [0.2, 0.25) is 0 Å². The van der Waals surface area contributed by atoms with Crippen molar-refractivity contribution in [3.05, 3.63) is 115 Å². The topological polar surface area (TPSA) is 35.8 Å². The standard InChI is InChI=1S/C35H31BN2O2/c1-34(2)35(3,4)40-36(39-34)28-21-19-25(20-22-28)31-32(26-15-9-6-10-16-26)37-38-30(24-13-7-5-8-14-24)23-27-17-11-12-18-29(27)33(31)38/h5-23H,1-4H3. The molecule has 0 unspecified atom stereocenters. The highest BCUT2D eigenvalue weighted by Gasteiger charge is 2.51. The van der Waals surface area contributed by atoms with Gasteiger partial charge in [0.15, 0.2) is 0 Å². The average molecular weight is 522 g/mol. The molecule has 7 rings (SSSR count). The molecule has 196 valence electrons. The van der Waals surface area contributed by atoms with E-state index in [0.29, 0.717) is 0 Å². The van der Waals surface area contributed by atoms with Crippen molar-refractivity contribution in [2.24, 2.45) is 0 Å². The minimum Gasteiger partial charge on any atom is -0.399 e. The number of aromatic nitrogens is 2. The zero-order valence-electron chi connectivity index (χ0n) is 23.3. The van der Waals surface area contributed by atoms with E-state index < -0.39 is 7.12 Å². The normalized spacial score (nSPS) is 16.1. The molecular formula is C35H31BN2O2. The van der Waals surface area contributed by atoms with E-state index in [0.717, 1.165) is 44.6 Å². The Labute approximate surface area is 235 Å². The molecule has 0 bridgehead atoms. The lowest BCUT2D eigenvalue weighted by Gasteiger charge is -2.32. The Bertz CT molecular complexity index is 1830. The fourth-order valence-electron chi connectivity index (χ4n) is 5.56. The van der Waals surface area contributed by atoms with Crippen LogP contribution in [0.5, 0.6) is 0 Å². The molecule has 1 saturated heterocycles. The first-order valence-electron chi connectivity index (χ1n) is 13.8. The number of benzene rings is 4. The van der Waals surface area contributed by atoms with E-state index in [1.807, 2.05) is 12.1 Å². The fraction of sp³-hybridized carbons (Fsp3) is 0.171. The molecule has 0 amide bonds. The molecule has 0 aliphatic carbocycles. The Balaban J connectivity index is 1.47. The van der Waals surface area contributed by atoms with Gasteiger partial charge in [-0.1, -0.05) is 109 Å². The van der Waals surface area contributed by atoms with Crippen LogP contribution < -0.4 is 5.46 Å². The minimum atomic E-state index is -0.401. The van der Waals surface area contributed by atoms with Gasteiger partial charge in [0.1, 0.15) is 5.69 Å². The third kappa shape index (κ3) is 3.97. The van der Waals surface area contributed by atoms with Crippen LogP contribution in [0.4, 0.5) is 0 Å². The summed E-state index contributed by atoms with van der Waals surface area (Å²) in [6, 6.07) is 40.4. The van der Waals surface area contributed by atoms with Gasteiger partial charge < -0.3 is 9.31 Å². The largest absolute Gasteiger partial charge is 0.494 e. The summed E-state index contributed by atoms with van der Waals surface area (Å²) in [6.45, 7) is 8.34. The molecule has 5 heteroatoms. The molecule has 1 fully saturated rings. The maximum Gasteiger partial charge on any atom is 0.494 e. The monoisotopic (exact) mass is 522 g/mol. The SMILES string of the molecule is CC1(C)OB(c2ccc(-c3c(-c4ccccc4)nn4c(-c5ccccc5)cc5ccccc5c34)cc2)OC1(C)C. The summed E-state index contributed by atoms with van der Waals surface area (Å²) in [7, 11) is -0.401. The molecule has 4 nitrogen and oxygen atoms in total. The molecule has 6 aromatic rings. The van der Waals surface area contributed by atoms with Crippen molar-refractivity contribution in [3.63, 3.8) is 0 Å². The highest BCUT2D eigenvalue weighted by molar-refractivity contribution is 6.62. The van der Waals surface area contributed by atoms with Crippen LogP contribution in [0.2, 0.25) is 0 Å². The summed E-state index contributed by atoms with van der Waals surface area (Å²) in [5.41, 5.74) is 7.78. The number of rotatable bonds is 4. The summed E-state index contributed by atoms with van der Waals surface area (Å²) in [4.78, 5) is 0. The molecular weight excluding hydrogens is 491 g/mol. The molecule has 0 radical (unpaired) electrons. The number of hydrogen-bond donors (Lipinski definition) is 0. The van der Waals surface area contributed by atoms with E-state index in [1.165, 1.54) is 10.8 Å². The molecule has 2 aromatic heterocycles. The summed E-state index contributed by atoms with van der Waals surface area (Å²) >= 11 is 0. The molecule has 0 spiro atoms. The van der Waals surface area contributed by atoms with Crippen molar-refractivity contribution >= 4 is 28.9 Å². The maximum absolute atomic E-state index is 6.33. The Kier molecular flexibility index (Phi) is 5.70. The van der Waals surface area contributed by atoms with Crippen LogP contribution in [0, 0.1) is 0 Å². The van der Waals surface area contributed by atoms with E-state index in [2.05, 4.69) is 135 Å². The van der Waals surface area contributed by atoms with Crippen molar-refractivity contribution in [1.29, 1.82) is 0 Å². The van der Waals surface area contributed by atoms with Gasteiger partial charge in [0.25, 0.3) is 0 Å². The first-order valence-corrected chi connectivity index (χ1v) is 13.8. The first-order chi connectivity index (χ1) is 19.3. The summed E-state index contributed by atoms with van der Waals surface area (Å²) in [5.74, 6) is 0. The van der Waals surface area contributed by atoms with Crippen LogP contribution >= 0.6 is 0 Å². The Morgan fingerprint density at radius 1 is 0.625 bits per heavy atom. The van der Waals surface area contributed by atoms with Gasteiger partial charge in [-0.3, -0.25) is 0 Å². The van der Waals surface area contributed by atoms with Crippen LogP contribution in [0.1, 0.15) is 27.7 Å². The lowest BCUT2D eigenvalue weighted by atomic mass is 9.78. The molecule has 0 saturated carbocycles. The number of fused-ring (bicyclic) bond motifs is 3. The Hall–Kier alpha value is -4.19. The summed E-state index contributed by atoms with van der Waals surface area (Å²) in [6.07, 6.45) is 0. The second-order valence-electron chi connectivity index (χ2n) is 11.5. The Morgan fingerprint density at radius 2 is 1.20 bits per heavy atom. The van der Waals surface area contributed by atoms with Crippen molar-refractivity contribution in [1.82, 2.24) is 9.61 Å². The molecule has 0 atom stereocenters.